The van der Waals surface area contributed by atoms with Gasteiger partial charge in [0.2, 0.25) is 5.91 Å². The van der Waals surface area contributed by atoms with Crippen LogP contribution < -0.4 is 0 Å². The van der Waals surface area contributed by atoms with Crippen LogP contribution in [0.4, 0.5) is 0 Å². The molecule has 0 saturated carbocycles. The van der Waals surface area contributed by atoms with Crippen molar-refractivity contribution >= 4 is 77.5 Å². The minimum absolute atomic E-state index is 0.0976. The number of hydrogen-bond acceptors (Lipinski definition) is 31. The molecule has 4 aliphatic rings. The fraction of sp³-hybridized carbons (Fsp3) is 0.696. The molecular weight excluding hydrogens is 1180 g/mol. The molecule has 3 heterocycles. The molecule has 490 valence electrons. The van der Waals surface area contributed by atoms with Crippen LogP contribution in [-0.4, -0.2) is 225 Å². The van der Waals surface area contributed by atoms with E-state index in [0.717, 1.165) is 94.9 Å². The first-order valence-corrected chi connectivity index (χ1v) is 27.5. The van der Waals surface area contributed by atoms with Gasteiger partial charge in [0.1, 0.15) is 44.2 Å². The Hall–Kier alpha value is -7.83. The number of rotatable bonds is 25. The van der Waals surface area contributed by atoms with E-state index < -0.39 is 214 Å². The van der Waals surface area contributed by atoms with Crippen molar-refractivity contribution in [2.45, 2.75) is 226 Å². The Balaban J connectivity index is 1.99. The van der Waals surface area contributed by atoms with Crippen LogP contribution in [0.15, 0.2) is 11.6 Å². The largest absolute Gasteiger partial charge is 0.463 e. The monoisotopic (exact) mass is 1260 g/mol. The van der Waals surface area contributed by atoms with Crippen LogP contribution in [0, 0.1) is 12.3 Å². The van der Waals surface area contributed by atoms with E-state index in [4.69, 9.17) is 91.7 Å². The highest BCUT2D eigenvalue weighted by Crippen LogP contribution is 2.41. The van der Waals surface area contributed by atoms with Crippen molar-refractivity contribution in [1.29, 1.82) is 0 Å². The molecule has 88 heavy (non-hydrogen) atoms. The van der Waals surface area contributed by atoms with Gasteiger partial charge in [0.05, 0.1) is 24.8 Å². The van der Waals surface area contributed by atoms with E-state index in [1.807, 2.05) is 0 Å². The summed E-state index contributed by atoms with van der Waals surface area (Å²) in [5.41, 5.74) is -0.105. The Kier molecular flexibility index (Phi) is 27.7. The maximum absolute atomic E-state index is 14.5. The quantitative estimate of drug-likeness (QED) is 0.0381. The zero-order valence-corrected chi connectivity index (χ0v) is 51.0. The van der Waals surface area contributed by atoms with Gasteiger partial charge >= 0.3 is 71.6 Å². The molecule has 0 spiro atoms. The van der Waals surface area contributed by atoms with Gasteiger partial charge in [-0.2, -0.15) is 0 Å². The molecule has 0 aromatic rings. The van der Waals surface area contributed by atoms with Crippen LogP contribution in [0.2, 0.25) is 0 Å². The lowest BCUT2D eigenvalue weighted by atomic mass is 9.84. The minimum Gasteiger partial charge on any atom is -0.463 e. The number of amides is 1. The van der Waals surface area contributed by atoms with Crippen molar-refractivity contribution in [2.75, 3.05) is 26.4 Å². The van der Waals surface area contributed by atoms with Crippen LogP contribution >= 0.6 is 0 Å². The third-order valence-electron chi connectivity index (χ3n) is 13.0. The van der Waals surface area contributed by atoms with Crippen LogP contribution in [-0.2, 0) is 148 Å². The normalized spacial score (nSPS) is 30.7. The molecule has 3 aliphatic heterocycles. The molecule has 4 rings (SSSR count). The van der Waals surface area contributed by atoms with E-state index in [2.05, 4.69) is 5.92 Å². The summed E-state index contributed by atoms with van der Waals surface area (Å²) in [4.78, 5) is 170. The van der Waals surface area contributed by atoms with Crippen molar-refractivity contribution in [1.82, 2.24) is 4.90 Å². The first-order valence-electron chi connectivity index (χ1n) is 27.5. The second-order valence-corrected chi connectivity index (χ2v) is 20.3. The molecule has 0 bridgehead atoms. The van der Waals surface area contributed by atoms with Crippen molar-refractivity contribution in [3.63, 3.8) is 0 Å². The van der Waals surface area contributed by atoms with Crippen LogP contribution in [0.3, 0.4) is 0 Å². The summed E-state index contributed by atoms with van der Waals surface area (Å²) in [6.07, 6.45) is -23.8. The molecule has 0 aromatic heterocycles. The zero-order valence-electron chi connectivity index (χ0n) is 51.0. The van der Waals surface area contributed by atoms with Gasteiger partial charge in [-0.15, -0.1) is 12.3 Å². The van der Waals surface area contributed by atoms with Gasteiger partial charge in [-0.05, 0) is 13.3 Å². The topological polar surface area (TPSA) is 391 Å². The summed E-state index contributed by atoms with van der Waals surface area (Å²) in [6, 6.07) is -3.35. The Morgan fingerprint density at radius 3 is 1.24 bits per heavy atom. The minimum atomic E-state index is -2.08. The molecule has 3 saturated heterocycles. The van der Waals surface area contributed by atoms with Crippen LogP contribution in [0.5, 0.6) is 0 Å². The number of nitrogens with zero attached hydrogens (tertiary/aromatic N) is 1. The van der Waals surface area contributed by atoms with Crippen molar-refractivity contribution in [3.8, 4) is 12.3 Å². The lowest BCUT2D eigenvalue weighted by Crippen LogP contribution is -2.71. The summed E-state index contributed by atoms with van der Waals surface area (Å²) < 4.78 is 106. The predicted octanol–water partition coefficient (Wildman–Crippen LogP) is -0.0183. The number of carbonyl (C=O) groups is 13. The standard InChI is InChI=1S/C56H75NO31/c1-16-17-18-19-71-54-52(83-36(14)69)49(80-33(11)66)45(40(85-54)22-73-27(5)60)88-56-53(84-37(15)70)50(81-34(12)67)46(41(86-56)23-74-28(6)61)87-55-51(82-35(13)68)47(78-31(9)64)42(24(2)75-55)57(25(3)58)39-20-38(21-72-26(4)59)43(76-29(7)62)48(79-32(10)65)44(39)77-30(8)63/h1,20,24,39-56H,17-19,21-23H2,2-15H3/t24?,39-,40?,41?,42+,43+,44-,45+,46+,47?,48-,49?,50?,51+,52?,53?,54+,55+,56+/m0/s1. The molecule has 1 amide bonds. The van der Waals surface area contributed by atoms with Gasteiger partial charge in [0.15, 0.2) is 73.8 Å². The predicted molar refractivity (Wildman–Crippen MR) is 283 cm³/mol. The average molecular weight is 1260 g/mol. The average Bonchev–Trinajstić information content (AvgIpc) is 1.22. The van der Waals surface area contributed by atoms with Crippen molar-refractivity contribution < 1.29 is 148 Å². The summed E-state index contributed by atoms with van der Waals surface area (Å²) >= 11 is 0. The lowest BCUT2D eigenvalue weighted by molar-refractivity contribution is -0.377. The summed E-state index contributed by atoms with van der Waals surface area (Å²) in [5, 5.41) is 0. The number of terminal acetylenes is 1. The van der Waals surface area contributed by atoms with Gasteiger partial charge in [0.25, 0.3) is 0 Å². The fourth-order valence-corrected chi connectivity index (χ4v) is 10.2. The van der Waals surface area contributed by atoms with E-state index in [0.29, 0.717) is 0 Å². The van der Waals surface area contributed by atoms with E-state index in [1.165, 1.54) is 13.0 Å². The highest BCUT2D eigenvalue weighted by molar-refractivity contribution is 5.76. The number of hydrogen-bond donors (Lipinski definition) is 0. The Labute approximate surface area is 505 Å². The van der Waals surface area contributed by atoms with Gasteiger partial charge in [-0.1, -0.05) is 6.08 Å². The third-order valence-corrected chi connectivity index (χ3v) is 13.0. The SMILES string of the molecule is C#CCCCO[C@@H]1OC(COC(C)=O)[C@@H](O[C@H]2OC(COC(C)=O)[C@@H](O[C@H]3OC(C)[C@@H](N(C(C)=O)[C@H]4C=C(COC(C)=O)[C@@H](OC(C)=O)[C@H](OC(C)=O)[C@H]4OC(C)=O)C(OC(C)=O)[C@H]3OC(C)=O)C(OC(C)=O)C2OC(C)=O)C(OC(C)=O)C1OC(C)=O. The van der Waals surface area contributed by atoms with Crippen LogP contribution in [0.25, 0.3) is 0 Å². The second kappa shape index (κ2) is 33.5. The molecule has 19 atom stereocenters. The first-order chi connectivity index (χ1) is 41.2. The molecule has 0 radical (unpaired) electrons. The number of carbonyl (C=O) groups excluding carboxylic acids is 13. The lowest BCUT2D eigenvalue weighted by Gasteiger charge is -2.53. The van der Waals surface area contributed by atoms with Gasteiger partial charge in [-0.3, -0.25) is 62.3 Å². The number of ether oxygens (including phenoxy) is 18. The zero-order chi connectivity index (χ0) is 66.0. The van der Waals surface area contributed by atoms with Gasteiger partial charge in [0, 0.05) is 102 Å². The van der Waals surface area contributed by atoms with E-state index in [9.17, 15) is 62.3 Å². The van der Waals surface area contributed by atoms with E-state index in [1.54, 1.807) is 0 Å². The summed E-state index contributed by atoms with van der Waals surface area (Å²) in [7, 11) is 0. The molecule has 8 unspecified atom stereocenters. The van der Waals surface area contributed by atoms with Crippen molar-refractivity contribution in [3.05, 3.63) is 11.6 Å². The molecule has 32 nitrogen and oxygen atoms in total. The fourth-order valence-electron chi connectivity index (χ4n) is 10.2. The summed E-state index contributed by atoms with van der Waals surface area (Å²) in [5.74, 6) is -10.3. The Bertz CT molecular complexity index is 2650. The van der Waals surface area contributed by atoms with Gasteiger partial charge < -0.3 is 90.2 Å². The molecule has 32 heteroatoms. The maximum atomic E-state index is 14.5. The highest BCUT2D eigenvalue weighted by Gasteiger charge is 2.61. The third kappa shape index (κ3) is 20.9. The second-order valence-electron chi connectivity index (χ2n) is 20.3. The molecule has 0 aromatic carbocycles. The Morgan fingerprint density at radius 1 is 0.443 bits per heavy atom. The van der Waals surface area contributed by atoms with E-state index >= 15 is 0 Å². The van der Waals surface area contributed by atoms with Gasteiger partial charge in [-0.25, -0.2) is 0 Å². The maximum Gasteiger partial charge on any atom is 0.303 e. The number of esters is 12. The summed E-state index contributed by atoms with van der Waals surface area (Å²) in [6.45, 7) is 11.9. The molecule has 1 aliphatic carbocycles. The molecular formula is C56H75NO31. The number of unbranched alkanes of at least 4 members (excludes halogenated alkanes) is 1. The van der Waals surface area contributed by atoms with Crippen LogP contribution in [0.1, 0.15) is 110 Å². The Morgan fingerprint density at radius 2 is 0.818 bits per heavy atom. The van der Waals surface area contributed by atoms with E-state index in [-0.39, 0.29) is 25.0 Å². The van der Waals surface area contributed by atoms with Crippen molar-refractivity contribution in [2.24, 2.45) is 0 Å². The smallest absolute Gasteiger partial charge is 0.303 e. The molecule has 3 fully saturated rings. The highest BCUT2D eigenvalue weighted by atomic mass is 16.8. The molecule has 0 N–H and O–H groups in total. The first kappa shape index (κ1) is 72.6.